The molecular formula is C18H10O8. The van der Waals surface area contributed by atoms with Crippen LogP contribution in [0, 0.1) is 0 Å². The molecule has 0 radical (unpaired) electrons. The van der Waals surface area contributed by atoms with Crippen LogP contribution < -0.4 is 18.9 Å². The molecule has 2 aromatic carbocycles. The maximum absolute atomic E-state index is 12.5. The van der Waals surface area contributed by atoms with Gasteiger partial charge in [-0.3, -0.25) is 9.59 Å². The van der Waals surface area contributed by atoms with Crippen LogP contribution in [0.4, 0.5) is 0 Å². The second-order valence-corrected chi connectivity index (χ2v) is 5.83. The van der Waals surface area contributed by atoms with E-state index >= 15 is 0 Å². The normalized spacial score (nSPS) is 15.6. The third-order valence-corrected chi connectivity index (χ3v) is 4.51. The molecule has 0 aromatic heterocycles. The zero-order valence-electron chi connectivity index (χ0n) is 13.2. The van der Waals surface area contributed by atoms with Crippen LogP contribution in [0.25, 0.3) is 11.1 Å². The predicted octanol–water partition coefficient (Wildman–Crippen LogP) is 2.11. The molecule has 0 atom stereocenters. The van der Waals surface area contributed by atoms with Gasteiger partial charge in [0.05, 0.1) is 16.7 Å². The van der Waals surface area contributed by atoms with Crippen molar-refractivity contribution < 1.29 is 38.1 Å². The Labute approximate surface area is 146 Å². The lowest BCUT2D eigenvalue weighted by molar-refractivity contribution is 0.0478. The molecule has 5 rings (SSSR count). The first-order chi connectivity index (χ1) is 12.7. The molecule has 26 heavy (non-hydrogen) atoms. The molecule has 0 unspecified atom stereocenters. The minimum atomic E-state index is -0.613. The third-order valence-electron chi connectivity index (χ3n) is 4.51. The van der Waals surface area contributed by atoms with Crippen LogP contribution in [0.5, 0.6) is 23.0 Å². The lowest BCUT2D eigenvalue weighted by Gasteiger charge is -2.14. The van der Waals surface area contributed by atoms with E-state index < -0.39 is 5.97 Å². The van der Waals surface area contributed by atoms with Crippen molar-refractivity contribution in [2.45, 2.75) is 6.61 Å². The fraction of sp³-hybridized carbons (Fsp3) is 0.167. The van der Waals surface area contributed by atoms with Gasteiger partial charge in [0.15, 0.2) is 35.6 Å². The second kappa shape index (κ2) is 5.22. The lowest BCUT2D eigenvalue weighted by Crippen LogP contribution is -2.04. The molecular weight excluding hydrogens is 344 g/mol. The average Bonchev–Trinajstić information content (AvgIpc) is 3.31. The summed E-state index contributed by atoms with van der Waals surface area (Å²) in [7, 11) is 0. The van der Waals surface area contributed by atoms with Gasteiger partial charge in [-0.25, -0.2) is 4.79 Å². The summed E-state index contributed by atoms with van der Waals surface area (Å²) in [4.78, 5) is 35.3. The van der Waals surface area contributed by atoms with Gasteiger partial charge in [0, 0.05) is 16.7 Å². The highest BCUT2D eigenvalue weighted by Gasteiger charge is 2.37. The second-order valence-electron chi connectivity index (χ2n) is 5.83. The fourth-order valence-corrected chi connectivity index (χ4v) is 3.44. The van der Waals surface area contributed by atoms with E-state index in [1.54, 1.807) is 6.07 Å². The molecule has 2 aromatic rings. The van der Waals surface area contributed by atoms with Crippen molar-refractivity contribution in [3.05, 3.63) is 34.4 Å². The van der Waals surface area contributed by atoms with Gasteiger partial charge in [-0.1, -0.05) is 0 Å². The molecule has 130 valence electrons. The van der Waals surface area contributed by atoms with Gasteiger partial charge < -0.3 is 23.7 Å². The smallest absolute Gasteiger partial charge is 0.339 e. The van der Waals surface area contributed by atoms with E-state index in [0.29, 0.717) is 46.3 Å². The molecule has 0 aliphatic carbocycles. The van der Waals surface area contributed by atoms with Crippen LogP contribution in [-0.4, -0.2) is 32.1 Å². The summed E-state index contributed by atoms with van der Waals surface area (Å²) in [6, 6.07) is 3.00. The van der Waals surface area contributed by atoms with Gasteiger partial charge in [-0.15, -0.1) is 0 Å². The molecule has 3 heterocycles. The number of rotatable bonds is 2. The molecule has 0 amide bonds. The number of ether oxygens (including phenoxy) is 5. The van der Waals surface area contributed by atoms with Gasteiger partial charge in [0.1, 0.15) is 6.61 Å². The van der Waals surface area contributed by atoms with Crippen LogP contribution in [0.1, 0.15) is 36.6 Å². The Morgan fingerprint density at radius 3 is 1.96 bits per heavy atom. The quantitative estimate of drug-likeness (QED) is 0.597. The minimum absolute atomic E-state index is 0.0528. The van der Waals surface area contributed by atoms with Crippen molar-refractivity contribution in [2.75, 3.05) is 13.6 Å². The number of carbonyl (C=O) groups excluding carboxylic acids is 3. The number of cyclic esters (lactones) is 1. The van der Waals surface area contributed by atoms with E-state index in [1.807, 2.05) is 0 Å². The number of carbonyl (C=O) groups is 3. The first-order valence-corrected chi connectivity index (χ1v) is 7.73. The largest absolute Gasteiger partial charge is 0.457 e. The Bertz CT molecular complexity index is 1010. The molecule has 3 aliphatic rings. The average molecular weight is 354 g/mol. The Morgan fingerprint density at radius 1 is 0.731 bits per heavy atom. The van der Waals surface area contributed by atoms with Crippen LogP contribution in [0.15, 0.2) is 12.1 Å². The standard InChI is InChI=1S/C18H10O8/c19-3-8-1-10-5-22-18(21)11-2-9(4-20)15-17(26-7-24-15)13(11)12(10)16-14(8)23-6-25-16/h1-4H,5-7H2. The van der Waals surface area contributed by atoms with Crippen molar-refractivity contribution >= 4 is 18.5 Å². The summed E-state index contributed by atoms with van der Waals surface area (Å²) in [5, 5.41) is 0. The molecule has 0 saturated carbocycles. The topological polar surface area (TPSA) is 97.4 Å². The molecule has 8 nitrogen and oxygen atoms in total. The van der Waals surface area contributed by atoms with Crippen LogP contribution in [0.2, 0.25) is 0 Å². The van der Waals surface area contributed by atoms with E-state index in [4.69, 9.17) is 23.7 Å². The van der Waals surface area contributed by atoms with E-state index in [9.17, 15) is 14.4 Å². The number of hydrogen-bond acceptors (Lipinski definition) is 8. The number of hydrogen-bond donors (Lipinski definition) is 0. The SMILES string of the molecule is O=Cc1cc2c(c3c1OCO3)-c1c(cc(C=O)c3c1OCO3)C(=O)OC2. The molecule has 0 fully saturated rings. The number of esters is 1. The van der Waals surface area contributed by atoms with Crippen LogP contribution >= 0.6 is 0 Å². The molecule has 8 heteroatoms. The van der Waals surface area contributed by atoms with E-state index in [2.05, 4.69) is 0 Å². The first-order valence-electron chi connectivity index (χ1n) is 7.73. The van der Waals surface area contributed by atoms with Gasteiger partial charge in [0.25, 0.3) is 0 Å². The van der Waals surface area contributed by atoms with Crippen molar-refractivity contribution in [2.24, 2.45) is 0 Å². The fourth-order valence-electron chi connectivity index (χ4n) is 3.44. The highest BCUT2D eigenvalue weighted by atomic mass is 16.7. The Hall–Kier alpha value is -3.55. The molecule has 0 saturated heterocycles. The first kappa shape index (κ1) is 14.8. The van der Waals surface area contributed by atoms with Gasteiger partial charge >= 0.3 is 5.97 Å². The van der Waals surface area contributed by atoms with Crippen molar-refractivity contribution in [3.63, 3.8) is 0 Å². The van der Waals surface area contributed by atoms with Crippen LogP contribution in [0.3, 0.4) is 0 Å². The van der Waals surface area contributed by atoms with Gasteiger partial charge in [-0.2, -0.15) is 0 Å². The third kappa shape index (κ3) is 1.81. The Morgan fingerprint density at radius 2 is 1.31 bits per heavy atom. The van der Waals surface area contributed by atoms with Crippen molar-refractivity contribution in [1.82, 2.24) is 0 Å². The summed E-state index contributed by atoms with van der Waals surface area (Å²) in [5.74, 6) is 0.539. The number of aldehydes is 2. The van der Waals surface area contributed by atoms with Gasteiger partial charge in [0.2, 0.25) is 13.6 Å². The highest BCUT2D eigenvalue weighted by molar-refractivity contribution is 6.06. The van der Waals surface area contributed by atoms with Crippen molar-refractivity contribution in [3.8, 4) is 34.1 Å². The minimum Gasteiger partial charge on any atom is -0.457 e. The Kier molecular flexibility index (Phi) is 2.96. The summed E-state index contributed by atoms with van der Waals surface area (Å²) in [6.07, 6.45) is 1.24. The summed E-state index contributed by atoms with van der Waals surface area (Å²) < 4.78 is 27.3. The predicted molar refractivity (Wildman–Crippen MR) is 84.0 cm³/mol. The molecule has 0 N–H and O–H groups in total. The van der Waals surface area contributed by atoms with Gasteiger partial charge in [-0.05, 0) is 12.1 Å². The monoisotopic (exact) mass is 354 g/mol. The maximum atomic E-state index is 12.5. The maximum Gasteiger partial charge on any atom is 0.339 e. The van der Waals surface area contributed by atoms with E-state index in [-0.39, 0.29) is 42.8 Å². The lowest BCUT2D eigenvalue weighted by atomic mass is 9.91. The highest BCUT2D eigenvalue weighted by Crippen LogP contribution is 2.54. The zero-order chi connectivity index (χ0) is 17.8. The van der Waals surface area contributed by atoms with E-state index in [1.165, 1.54) is 6.07 Å². The Balaban J connectivity index is 1.92. The molecule has 0 bridgehead atoms. The summed E-state index contributed by atoms with van der Waals surface area (Å²) >= 11 is 0. The van der Waals surface area contributed by atoms with Crippen molar-refractivity contribution in [1.29, 1.82) is 0 Å². The molecule has 3 aliphatic heterocycles. The summed E-state index contributed by atoms with van der Waals surface area (Å²) in [5.41, 5.74) is 2.15. The number of benzene rings is 2. The molecule has 0 spiro atoms. The number of fused-ring (bicyclic) bond motifs is 7. The van der Waals surface area contributed by atoms with E-state index in [0.717, 1.165) is 0 Å². The van der Waals surface area contributed by atoms with Crippen LogP contribution in [-0.2, 0) is 11.3 Å². The summed E-state index contributed by atoms with van der Waals surface area (Å²) in [6.45, 7) is -0.196. The zero-order valence-corrected chi connectivity index (χ0v) is 13.2.